The van der Waals surface area contributed by atoms with Crippen LogP contribution in [0.25, 0.3) is 0 Å². The molecule has 0 saturated carbocycles. The molecule has 5 nitrogen and oxygen atoms in total. The van der Waals surface area contributed by atoms with Crippen molar-refractivity contribution in [1.29, 1.82) is 0 Å². The van der Waals surface area contributed by atoms with Crippen LogP contribution in [-0.2, 0) is 16.1 Å². The number of carbonyl (C=O) groups excluding carboxylic acids is 1. The monoisotopic (exact) mass is 331 g/mol. The predicted octanol–water partition coefficient (Wildman–Crippen LogP) is 3.46. The van der Waals surface area contributed by atoms with Crippen LogP contribution < -0.4 is 10.6 Å². The summed E-state index contributed by atoms with van der Waals surface area (Å²) in [6.45, 7) is 1.27. The number of pyridine rings is 1. The van der Waals surface area contributed by atoms with Crippen LogP contribution in [0.1, 0.15) is 18.4 Å². The van der Waals surface area contributed by atoms with Gasteiger partial charge in [0, 0.05) is 31.2 Å². The SMILES string of the molecule is O=C(Nc1cccc(CNc2ccncc2Cl)c1)C1CCCO1. The van der Waals surface area contributed by atoms with E-state index in [9.17, 15) is 4.79 Å². The van der Waals surface area contributed by atoms with Crippen molar-refractivity contribution in [2.45, 2.75) is 25.5 Å². The number of hydrogen-bond donors (Lipinski definition) is 2. The van der Waals surface area contributed by atoms with Crippen LogP contribution in [0.5, 0.6) is 0 Å². The predicted molar refractivity (Wildman–Crippen MR) is 90.6 cm³/mol. The number of aromatic nitrogens is 1. The van der Waals surface area contributed by atoms with Crippen molar-refractivity contribution in [2.24, 2.45) is 0 Å². The summed E-state index contributed by atoms with van der Waals surface area (Å²) >= 11 is 6.07. The number of hydrogen-bond acceptors (Lipinski definition) is 4. The molecule has 1 unspecified atom stereocenters. The Morgan fingerprint density at radius 2 is 2.30 bits per heavy atom. The Hall–Kier alpha value is -2.11. The molecule has 0 aliphatic carbocycles. The maximum absolute atomic E-state index is 12.1. The minimum absolute atomic E-state index is 0.0789. The van der Waals surface area contributed by atoms with Crippen molar-refractivity contribution in [1.82, 2.24) is 4.98 Å². The van der Waals surface area contributed by atoms with E-state index in [2.05, 4.69) is 15.6 Å². The van der Waals surface area contributed by atoms with Gasteiger partial charge in [0.1, 0.15) is 6.10 Å². The lowest BCUT2D eigenvalue weighted by Gasteiger charge is -2.12. The van der Waals surface area contributed by atoms with Gasteiger partial charge in [-0.15, -0.1) is 0 Å². The molecule has 0 spiro atoms. The average Bonchev–Trinajstić information content (AvgIpc) is 3.09. The minimum atomic E-state index is -0.326. The summed E-state index contributed by atoms with van der Waals surface area (Å²) in [5, 5.41) is 6.74. The Labute approximate surface area is 140 Å². The van der Waals surface area contributed by atoms with Crippen LogP contribution in [0.15, 0.2) is 42.7 Å². The number of rotatable bonds is 5. The zero-order valence-corrected chi connectivity index (χ0v) is 13.3. The molecule has 1 aliphatic rings. The van der Waals surface area contributed by atoms with Gasteiger partial charge in [0.2, 0.25) is 0 Å². The highest BCUT2D eigenvalue weighted by Crippen LogP contribution is 2.21. The third kappa shape index (κ3) is 4.21. The molecule has 3 rings (SSSR count). The summed E-state index contributed by atoms with van der Waals surface area (Å²) in [6.07, 6.45) is 4.68. The normalized spacial score (nSPS) is 17.0. The molecule has 2 aromatic rings. The van der Waals surface area contributed by atoms with E-state index in [0.717, 1.165) is 29.8 Å². The first kappa shape index (κ1) is 15.8. The Morgan fingerprint density at radius 1 is 1.39 bits per heavy atom. The lowest BCUT2D eigenvalue weighted by Crippen LogP contribution is -2.26. The lowest BCUT2D eigenvalue weighted by molar-refractivity contribution is -0.124. The largest absolute Gasteiger partial charge is 0.380 e. The van der Waals surface area contributed by atoms with Crippen LogP contribution in [-0.4, -0.2) is 23.6 Å². The zero-order valence-electron chi connectivity index (χ0n) is 12.6. The Balaban J connectivity index is 1.61. The third-order valence-electron chi connectivity index (χ3n) is 3.67. The zero-order chi connectivity index (χ0) is 16.1. The van der Waals surface area contributed by atoms with Crippen molar-refractivity contribution in [3.8, 4) is 0 Å². The molecule has 0 radical (unpaired) electrons. The Bertz CT molecular complexity index is 687. The van der Waals surface area contributed by atoms with E-state index in [1.54, 1.807) is 12.4 Å². The highest BCUT2D eigenvalue weighted by molar-refractivity contribution is 6.33. The number of nitrogens with zero attached hydrogens (tertiary/aromatic N) is 1. The molecule has 1 amide bonds. The van der Waals surface area contributed by atoms with Gasteiger partial charge in [0.15, 0.2) is 0 Å². The molecule has 1 fully saturated rings. The molecule has 2 N–H and O–H groups in total. The summed E-state index contributed by atoms with van der Waals surface area (Å²) in [5.41, 5.74) is 2.64. The summed E-state index contributed by atoms with van der Waals surface area (Å²) in [4.78, 5) is 16.0. The first-order valence-electron chi connectivity index (χ1n) is 7.57. The molecule has 120 valence electrons. The standard InChI is InChI=1S/C17H18ClN3O2/c18-14-11-19-7-6-15(14)20-10-12-3-1-4-13(9-12)21-17(22)16-5-2-8-23-16/h1,3-4,6-7,9,11,16H,2,5,8,10H2,(H,19,20)(H,21,22). The fourth-order valence-corrected chi connectivity index (χ4v) is 2.67. The van der Waals surface area contributed by atoms with Crippen LogP contribution in [0.4, 0.5) is 11.4 Å². The van der Waals surface area contributed by atoms with Crippen molar-refractivity contribution in [3.05, 3.63) is 53.3 Å². The second kappa shape index (κ2) is 7.44. The molecule has 1 atom stereocenters. The number of anilines is 2. The summed E-state index contributed by atoms with van der Waals surface area (Å²) in [6, 6.07) is 9.54. The molecule has 1 aromatic heterocycles. The van der Waals surface area contributed by atoms with Gasteiger partial charge in [-0.1, -0.05) is 23.7 Å². The van der Waals surface area contributed by atoms with Crippen molar-refractivity contribution >= 4 is 28.9 Å². The Kier molecular flexibility index (Phi) is 5.10. The first-order chi connectivity index (χ1) is 11.2. The number of nitrogens with one attached hydrogen (secondary N) is 2. The van der Waals surface area contributed by atoms with Gasteiger partial charge >= 0.3 is 0 Å². The van der Waals surface area contributed by atoms with Gasteiger partial charge in [0.25, 0.3) is 5.91 Å². The van der Waals surface area contributed by atoms with E-state index in [1.807, 2.05) is 30.3 Å². The van der Waals surface area contributed by atoms with Crippen LogP contribution in [0.3, 0.4) is 0 Å². The number of amides is 1. The summed E-state index contributed by atoms with van der Waals surface area (Å²) < 4.78 is 5.39. The maximum Gasteiger partial charge on any atom is 0.253 e. The number of ether oxygens (including phenoxy) is 1. The summed E-state index contributed by atoms with van der Waals surface area (Å²) in [5.74, 6) is -0.0789. The molecule has 23 heavy (non-hydrogen) atoms. The molecule has 1 aromatic carbocycles. The molecule has 1 saturated heterocycles. The summed E-state index contributed by atoms with van der Waals surface area (Å²) in [7, 11) is 0. The molecule has 0 bridgehead atoms. The van der Waals surface area contributed by atoms with Gasteiger partial charge in [-0.05, 0) is 36.6 Å². The van der Waals surface area contributed by atoms with Gasteiger partial charge in [0.05, 0.1) is 10.7 Å². The van der Waals surface area contributed by atoms with E-state index in [4.69, 9.17) is 16.3 Å². The number of halogens is 1. The van der Waals surface area contributed by atoms with Crippen LogP contribution in [0.2, 0.25) is 5.02 Å². The topological polar surface area (TPSA) is 63.2 Å². The number of carbonyl (C=O) groups is 1. The van der Waals surface area contributed by atoms with E-state index in [1.165, 1.54) is 0 Å². The van der Waals surface area contributed by atoms with E-state index >= 15 is 0 Å². The second-order valence-corrected chi connectivity index (χ2v) is 5.81. The van der Waals surface area contributed by atoms with Crippen LogP contribution in [0, 0.1) is 0 Å². The quantitative estimate of drug-likeness (QED) is 0.880. The van der Waals surface area contributed by atoms with E-state index in [0.29, 0.717) is 18.2 Å². The first-order valence-corrected chi connectivity index (χ1v) is 7.95. The third-order valence-corrected chi connectivity index (χ3v) is 3.97. The van der Waals surface area contributed by atoms with Gasteiger partial charge in [-0.3, -0.25) is 9.78 Å². The van der Waals surface area contributed by atoms with E-state index in [-0.39, 0.29) is 12.0 Å². The highest BCUT2D eigenvalue weighted by Gasteiger charge is 2.23. The van der Waals surface area contributed by atoms with E-state index < -0.39 is 0 Å². The average molecular weight is 332 g/mol. The van der Waals surface area contributed by atoms with Crippen molar-refractivity contribution < 1.29 is 9.53 Å². The molecule has 1 aliphatic heterocycles. The minimum Gasteiger partial charge on any atom is -0.380 e. The maximum atomic E-state index is 12.1. The molecule has 2 heterocycles. The molecular formula is C17H18ClN3O2. The van der Waals surface area contributed by atoms with Gasteiger partial charge in [-0.2, -0.15) is 0 Å². The lowest BCUT2D eigenvalue weighted by atomic mass is 10.1. The fourth-order valence-electron chi connectivity index (χ4n) is 2.48. The smallest absolute Gasteiger partial charge is 0.253 e. The van der Waals surface area contributed by atoms with Gasteiger partial charge < -0.3 is 15.4 Å². The van der Waals surface area contributed by atoms with Crippen molar-refractivity contribution in [3.63, 3.8) is 0 Å². The Morgan fingerprint density at radius 3 is 3.09 bits per heavy atom. The van der Waals surface area contributed by atoms with Crippen molar-refractivity contribution in [2.75, 3.05) is 17.2 Å². The highest BCUT2D eigenvalue weighted by atomic mass is 35.5. The molecular weight excluding hydrogens is 314 g/mol. The number of benzene rings is 1. The molecule has 6 heteroatoms. The van der Waals surface area contributed by atoms with Gasteiger partial charge in [-0.25, -0.2) is 0 Å². The second-order valence-electron chi connectivity index (χ2n) is 5.40. The van der Waals surface area contributed by atoms with Crippen LogP contribution >= 0.6 is 11.6 Å². The fraction of sp³-hybridized carbons (Fsp3) is 0.294.